The number of hydrogen-bond donors (Lipinski definition) is 2. The first kappa shape index (κ1) is 50.8. The third kappa shape index (κ3) is 20.7. The molecular formula is C44H82ClN3S2. The lowest BCUT2D eigenvalue weighted by atomic mass is 9.86. The Morgan fingerprint density at radius 1 is 1.06 bits per heavy atom. The number of nitrogens with one attached hydrogen (secondary N) is 1. The molecule has 0 heterocycles. The Hall–Kier alpha value is -1.30. The molecule has 1 fully saturated rings. The summed E-state index contributed by atoms with van der Waals surface area (Å²) >= 11 is 10.5. The normalized spacial score (nSPS) is 14.2. The molecule has 50 heavy (non-hydrogen) atoms. The zero-order valence-electron chi connectivity index (χ0n) is 35.2. The SMILES string of the molecule is C=C(CCC)N(CCCC1CCCCC1)/N=C(/C)Cc1c(Cl)ccc(NCCCCS(C)(C)C(C)(C)C)c1/C(C)=C/C.C=CS.CC.CCC. The highest BCUT2D eigenvalue weighted by atomic mass is 35.5. The molecule has 0 amide bonds. The van der Waals surface area contributed by atoms with Crippen molar-refractivity contribution in [3.05, 3.63) is 58.6 Å². The Bertz CT molecular complexity index is 1110. The molecule has 0 atom stereocenters. The monoisotopic (exact) mass is 752 g/mol. The number of allylic oxidation sites excluding steroid dienone is 3. The smallest absolute Gasteiger partial charge is 0.0449 e. The maximum atomic E-state index is 6.90. The van der Waals surface area contributed by atoms with Crippen LogP contribution in [0.15, 0.2) is 47.6 Å². The van der Waals surface area contributed by atoms with E-state index in [2.05, 4.69) is 129 Å². The van der Waals surface area contributed by atoms with Crippen molar-refractivity contribution in [2.45, 2.75) is 164 Å². The molecule has 0 bridgehead atoms. The molecule has 1 saturated carbocycles. The third-order valence-electron chi connectivity index (χ3n) is 9.47. The molecule has 1 aromatic carbocycles. The Morgan fingerprint density at radius 3 is 2.16 bits per heavy atom. The van der Waals surface area contributed by atoms with Crippen LogP contribution < -0.4 is 5.32 Å². The van der Waals surface area contributed by atoms with Gasteiger partial charge in [-0.3, -0.25) is 5.01 Å². The lowest BCUT2D eigenvalue weighted by Gasteiger charge is -2.44. The lowest BCUT2D eigenvalue weighted by Crippen LogP contribution is -2.25. The Balaban J connectivity index is 0. The van der Waals surface area contributed by atoms with Crippen molar-refractivity contribution < 1.29 is 0 Å². The molecule has 0 spiro atoms. The molecule has 1 aromatic rings. The molecule has 0 aromatic heterocycles. The quantitative estimate of drug-likeness (QED) is 0.0718. The number of hydrogen-bond acceptors (Lipinski definition) is 4. The number of unbranched alkanes of at least 4 members (excludes halogenated alkanes) is 1. The first-order valence-corrected chi connectivity index (χ1v) is 23.3. The fourth-order valence-corrected chi connectivity index (χ4v) is 7.62. The predicted molar refractivity (Wildman–Crippen MR) is 242 cm³/mol. The summed E-state index contributed by atoms with van der Waals surface area (Å²) in [6.45, 7) is 33.7. The molecule has 3 nitrogen and oxygen atoms in total. The first-order chi connectivity index (χ1) is 23.6. The molecule has 0 unspecified atom stereocenters. The zero-order chi connectivity index (χ0) is 38.8. The Morgan fingerprint density at radius 2 is 1.64 bits per heavy atom. The molecule has 292 valence electrons. The molecule has 0 radical (unpaired) electrons. The van der Waals surface area contributed by atoms with Gasteiger partial charge in [0, 0.05) is 47.2 Å². The fraction of sp³-hybridized carbons (Fsp3) is 0.705. The largest absolute Gasteiger partial charge is 0.385 e. The summed E-state index contributed by atoms with van der Waals surface area (Å²) in [6, 6.07) is 4.22. The van der Waals surface area contributed by atoms with Crippen molar-refractivity contribution in [2.24, 2.45) is 11.0 Å². The van der Waals surface area contributed by atoms with Gasteiger partial charge in [-0.15, -0.1) is 0 Å². The van der Waals surface area contributed by atoms with Gasteiger partial charge in [-0.05, 0) is 110 Å². The van der Waals surface area contributed by atoms with E-state index in [0.717, 1.165) is 54.7 Å². The van der Waals surface area contributed by atoms with Crippen LogP contribution in [0, 0.1) is 5.92 Å². The summed E-state index contributed by atoms with van der Waals surface area (Å²) in [5.41, 5.74) is 7.04. The van der Waals surface area contributed by atoms with Crippen molar-refractivity contribution in [1.82, 2.24) is 5.01 Å². The van der Waals surface area contributed by atoms with E-state index in [1.165, 1.54) is 97.8 Å². The van der Waals surface area contributed by atoms with E-state index in [1.807, 2.05) is 13.8 Å². The van der Waals surface area contributed by atoms with Gasteiger partial charge >= 0.3 is 0 Å². The van der Waals surface area contributed by atoms with Gasteiger partial charge in [0.1, 0.15) is 0 Å². The molecule has 0 saturated heterocycles. The van der Waals surface area contributed by atoms with Crippen LogP contribution in [0.4, 0.5) is 5.69 Å². The standard InChI is InChI=1S/C37H64ClN3S.C3H8.C2H4S.C2H6/c1-11-19-31(5)41(26-18-22-32-20-14-13-15-21-32)40-30(4)28-33-34(38)23-24-35(36(33)29(3)12-2)39-25-16-17-27-42(9,10)37(6,7)8;1-3-2;1-2-3;1-2/h12,23-24,32,39H,5,11,13-22,25-28H2,1-4,6-10H3;3H2,1-2H3;2-3H,1H2;1-2H3/b29-12+,40-30-;;;. The van der Waals surface area contributed by atoms with Crippen molar-refractivity contribution in [2.75, 3.05) is 36.7 Å². The number of rotatable bonds is 17. The second kappa shape index (κ2) is 29.2. The first-order valence-electron chi connectivity index (χ1n) is 19.8. The maximum absolute atomic E-state index is 6.90. The van der Waals surface area contributed by atoms with Gasteiger partial charge in [0.15, 0.2) is 0 Å². The minimum atomic E-state index is -0.604. The highest BCUT2D eigenvalue weighted by Gasteiger charge is 2.27. The van der Waals surface area contributed by atoms with Gasteiger partial charge in [-0.25, -0.2) is 10.0 Å². The van der Waals surface area contributed by atoms with E-state index in [-0.39, 0.29) is 0 Å². The average Bonchev–Trinajstić information content (AvgIpc) is 3.07. The molecule has 0 aliphatic heterocycles. The van der Waals surface area contributed by atoms with Crippen LogP contribution in [-0.4, -0.2) is 46.8 Å². The summed E-state index contributed by atoms with van der Waals surface area (Å²) in [5.74, 6) is 2.22. The number of nitrogens with zero attached hydrogens (tertiary/aromatic N) is 2. The average molecular weight is 753 g/mol. The van der Waals surface area contributed by atoms with Crippen LogP contribution >= 0.6 is 34.3 Å². The molecule has 6 heteroatoms. The molecule has 2 rings (SSSR count). The molecule has 1 N–H and O–H groups in total. The highest BCUT2D eigenvalue weighted by Crippen LogP contribution is 2.53. The van der Waals surface area contributed by atoms with Gasteiger partial charge in [-0.2, -0.15) is 17.7 Å². The van der Waals surface area contributed by atoms with E-state index in [9.17, 15) is 0 Å². The topological polar surface area (TPSA) is 27.6 Å². The van der Waals surface area contributed by atoms with E-state index in [0.29, 0.717) is 4.75 Å². The van der Waals surface area contributed by atoms with Crippen LogP contribution in [0.3, 0.4) is 0 Å². The summed E-state index contributed by atoms with van der Waals surface area (Å²) < 4.78 is 0.398. The molecule has 1 aliphatic carbocycles. The minimum Gasteiger partial charge on any atom is -0.385 e. The summed E-state index contributed by atoms with van der Waals surface area (Å²) in [5, 5.41) is 13.4. The Kier molecular flexibility index (Phi) is 29.7. The van der Waals surface area contributed by atoms with Crippen molar-refractivity contribution in [3.63, 3.8) is 0 Å². The minimum absolute atomic E-state index is 0.398. The maximum Gasteiger partial charge on any atom is 0.0449 e. The molecule has 1 aliphatic rings. The number of benzene rings is 1. The van der Waals surface area contributed by atoms with Gasteiger partial charge in [0.05, 0.1) is 0 Å². The van der Waals surface area contributed by atoms with Gasteiger partial charge in [0.25, 0.3) is 0 Å². The lowest BCUT2D eigenvalue weighted by molar-refractivity contribution is 0.291. The fourth-order valence-electron chi connectivity index (χ4n) is 5.85. The van der Waals surface area contributed by atoms with E-state index in [4.69, 9.17) is 16.7 Å². The van der Waals surface area contributed by atoms with Crippen LogP contribution in [0.2, 0.25) is 5.02 Å². The van der Waals surface area contributed by atoms with Crippen LogP contribution in [-0.2, 0) is 6.42 Å². The van der Waals surface area contributed by atoms with Gasteiger partial charge in [0.2, 0.25) is 0 Å². The highest BCUT2D eigenvalue weighted by molar-refractivity contribution is 8.33. The van der Waals surface area contributed by atoms with Crippen molar-refractivity contribution in [3.8, 4) is 0 Å². The van der Waals surface area contributed by atoms with Crippen molar-refractivity contribution >= 4 is 51.2 Å². The Labute approximate surface area is 325 Å². The second-order valence-corrected chi connectivity index (χ2v) is 20.4. The van der Waals surface area contributed by atoms with Crippen LogP contribution in [0.25, 0.3) is 5.57 Å². The zero-order valence-corrected chi connectivity index (χ0v) is 37.7. The van der Waals surface area contributed by atoms with Crippen LogP contribution in [0.5, 0.6) is 0 Å². The summed E-state index contributed by atoms with van der Waals surface area (Å²) in [6.07, 6.45) is 23.2. The van der Waals surface area contributed by atoms with E-state index in [1.54, 1.807) is 0 Å². The molecular weight excluding hydrogens is 670 g/mol. The summed E-state index contributed by atoms with van der Waals surface area (Å²) in [7, 11) is -0.604. The van der Waals surface area contributed by atoms with Crippen LogP contribution in [0.1, 0.15) is 164 Å². The predicted octanol–water partition coefficient (Wildman–Crippen LogP) is 15.2. The third-order valence-corrected chi connectivity index (χ3v) is 14.5. The number of anilines is 1. The number of halogens is 1. The van der Waals surface area contributed by atoms with E-state index >= 15 is 0 Å². The van der Waals surface area contributed by atoms with Crippen molar-refractivity contribution in [1.29, 1.82) is 0 Å². The van der Waals surface area contributed by atoms with E-state index < -0.39 is 10.0 Å². The second-order valence-electron chi connectivity index (χ2n) is 14.9. The van der Waals surface area contributed by atoms with Gasteiger partial charge < -0.3 is 5.32 Å². The number of thiol groups is 1. The number of hydrazone groups is 1. The summed E-state index contributed by atoms with van der Waals surface area (Å²) in [4.78, 5) is 0. The van der Waals surface area contributed by atoms with Gasteiger partial charge in [-0.1, -0.05) is 131 Å².